The van der Waals surface area contributed by atoms with Gasteiger partial charge in [-0.1, -0.05) is 0 Å². The molecule has 4 heterocycles. The van der Waals surface area contributed by atoms with Crippen LogP contribution >= 0.6 is 0 Å². The van der Waals surface area contributed by atoms with E-state index in [0.717, 1.165) is 32.4 Å². The molecule has 1 N–H and O–H groups in total. The van der Waals surface area contributed by atoms with Gasteiger partial charge in [-0.25, -0.2) is 9.79 Å². The number of aryl methyl sites for hydroxylation is 1. The van der Waals surface area contributed by atoms with E-state index in [1.807, 2.05) is 4.90 Å². The number of amides is 1. The third-order valence-electron chi connectivity index (χ3n) is 4.68. The predicted octanol–water partition coefficient (Wildman–Crippen LogP) is 1.52. The van der Waals surface area contributed by atoms with Crippen LogP contribution in [-0.2, 0) is 4.79 Å². The van der Waals surface area contributed by atoms with Crippen molar-refractivity contribution < 1.29 is 14.3 Å². The number of rotatable bonds is 1. The number of aromatic hydroxyl groups is 1. The van der Waals surface area contributed by atoms with Gasteiger partial charge in [0.2, 0.25) is 5.96 Å². The quantitative estimate of drug-likeness (QED) is 0.822. The van der Waals surface area contributed by atoms with Crippen molar-refractivity contribution >= 4 is 29.5 Å². The second-order valence-electron chi connectivity index (χ2n) is 6.51. The molecule has 8 nitrogen and oxygen atoms in total. The third-order valence-corrected chi connectivity index (χ3v) is 4.68. The fourth-order valence-corrected chi connectivity index (χ4v) is 3.46. The van der Waals surface area contributed by atoms with Crippen LogP contribution in [0.3, 0.4) is 0 Å². The monoisotopic (exact) mass is 354 g/mol. The van der Waals surface area contributed by atoms with E-state index in [0.29, 0.717) is 11.5 Å². The van der Waals surface area contributed by atoms with Crippen molar-refractivity contribution in [3.63, 3.8) is 0 Å². The number of allylic oxidation sites excluding steroid dienone is 1. The molecule has 0 spiro atoms. The average Bonchev–Trinajstić information content (AvgIpc) is 2.61. The molecule has 0 radical (unpaired) electrons. The minimum Gasteiger partial charge on any atom is -0.507 e. The van der Waals surface area contributed by atoms with Crippen molar-refractivity contribution in [2.75, 3.05) is 13.1 Å². The summed E-state index contributed by atoms with van der Waals surface area (Å²) in [5, 5.41) is 10.2. The standard InChI is InChI=1S/C18H18N4O4/c1-10-9-12(23)13(17(25)26-10)11-5-6-19-15-14(11)16(24)21-18(20-15)22-7-3-2-4-8-22/h5-6,9,14,23H,2-4,7-8H2,1H3. The Morgan fingerprint density at radius 3 is 2.69 bits per heavy atom. The molecule has 1 saturated heterocycles. The first-order valence-electron chi connectivity index (χ1n) is 8.59. The highest BCUT2D eigenvalue weighted by Gasteiger charge is 2.37. The number of hydrogen-bond acceptors (Lipinski definition) is 7. The second-order valence-corrected chi connectivity index (χ2v) is 6.51. The first-order chi connectivity index (χ1) is 12.5. The summed E-state index contributed by atoms with van der Waals surface area (Å²) >= 11 is 0. The van der Waals surface area contributed by atoms with Gasteiger partial charge in [-0.2, -0.15) is 9.98 Å². The summed E-state index contributed by atoms with van der Waals surface area (Å²) in [5.74, 6) is -0.654. The average molecular weight is 354 g/mol. The van der Waals surface area contributed by atoms with Gasteiger partial charge in [0, 0.05) is 25.4 Å². The summed E-state index contributed by atoms with van der Waals surface area (Å²) in [6.07, 6.45) is 6.22. The molecule has 1 atom stereocenters. The van der Waals surface area contributed by atoms with E-state index in [1.54, 1.807) is 6.92 Å². The summed E-state index contributed by atoms with van der Waals surface area (Å²) < 4.78 is 5.08. The van der Waals surface area contributed by atoms with E-state index in [-0.39, 0.29) is 22.9 Å². The van der Waals surface area contributed by atoms with Crippen LogP contribution < -0.4 is 5.63 Å². The van der Waals surface area contributed by atoms with Crippen molar-refractivity contribution in [1.82, 2.24) is 4.90 Å². The lowest BCUT2D eigenvalue weighted by Crippen LogP contribution is -2.40. The summed E-state index contributed by atoms with van der Waals surface area (Å²) in [6.45, 7) is 3.18. The maximum atomic E-state index is 12.7. The lowest BCUT2D eigenvalue weighted by atomic mass is 9.89. The highest BCUT2D eigenvalue weighted by molar-refractivity contribution is 6.25. The van der Waals surface area contributed by atoms with Crippen LogP contribution in [0.5, 0.6) is 5.75 Å². The Labute approximate surface area is 149 Å². The Hall–Kier alpha value is -3.03. The molecule has 1 aromatic heterocycles. The van der Waals surface area contributed by atoms with Gasteiger partial charge in [0.1, 0.15) is 28.8 Å². The molecule has 26 heavy (non-hydrogen) atoms. The number of fused-ring (bicyclic) bond motifs is 1. The number of guanidine groups is 1. The van der Waals surface area contributed by atoms with Gasteiger partial charge in [0.25, 0.3) is 5.91 Å². The van der Waals surface area contributed by atoms with Gasteiger partial charge in [0.15, 0.2) is 0 Å². The van der Waals surface area contributed by atoms with Gasteiger partial charge in [-0.3, -0.25) is 4.79 Å². The minimum atomic E-state index is -0.912. The first kappa shape index (κ1) is 16.4. The number of hydrogen-bond donors (Lipinski definition) is 1. The summed E-state index contributed by atoms with van der Waals surface area (Å²) in [6, 6.07) is 1.34. The van der Waals surface area contributed by atoms with Crippen molar-refractivity contribution in [3.8, 4) is 5.75 Å². The molecule has 0 aromatic carbocycles. The zero-order valence-electron chi connectivity index (χ0n) is 14.3. The van der Waals surface area contributed by atoms with E-state index in [4.69, 9.17) is 4.42 Å². The van der Waals surface area contributed by atoms with Crippen molar-refractivity contribution in [3.05, 3.63) is 33.9 Å². The molecule has 0 aliphatic carbocycles. The number of carbonyl (C=O) groups excluding carboxylic acids is 1. The second kappa shape index (κ2) is 6.36. The molecule has 134 valence electrons. The van der Waals surface area contributed by atoms with Crippen LogP contribution in [0.25, 0.3) is 5.57 Å². The molecule has 0 saturated carbocycles. The molecular weight excluding hydrogens is 336 g/mol. The van der Waals surface area contributed by atoms with E-state index < -0.39 is 17.5 Å². The molecule has 1 aromatic rings. The molecule has 0 bridgehead atoms. The van der Waals surface area contributed by atoms with E-state index in [2.05, 4.69) is 15.0 Å². The van der Waals surface area contributed by atoms with Gasteiger partial charge >= 0.3 is 5.63 Å². The fourth-order valence-electron chi connectivity index (χ4n) is 3.46. The molecule has 1 fully saturated rings. The number of piperidine rings is 1. The van der Waals surface area contributed by atoms with Crippen molar-refractivity contribution in [2.45, 2.75) is 26.2 Å². The highest BCUT2D eigenvalue weighted by atomic mass is 16.4. The van der Waals surface area contributed by atoms with Crippen LogP contribution in [0.15, 0.2) is 36.3 Å². The summed E-state index contributed by atoms with van der Waals surface area (Å²) in [5.41, 5.74) is -0.456. The smallest absolute Gasteiger partial charge is 0.347 e. The van der Waals surface area contributed by atoms with Crippen LogP contribution in [0, 0.1) is 12.8 Å². The Bertz CT molecular complexity index is 948. The first-order valence-corrected chi connectivity index (χ1v) is 8.59. The van der Waals surface area contributed by atoms with Gasteiger partial charge in [0.05, 0.1) is 0 Å². The lowest BCUT2D eigenvalue weighted by Gasteiger charge is -2.30. The van der Waals surface area contributed by atoms with E-state index in [9.17, 15) is 14.7 Å². The van der Waals surface area contributed by atoms with Crippen LogP contribution in [0.2, 0.25) is 0 Å². The molecule has 3 aliphatic heterocycles. The Morgan fingerprint density at radius 2 is 1.96 bits per heavy atom. The Morgan fingerprint density at radius 1 is 1.19 bits per heavy atom. The Balaban J connectivity index is 1.73. The van der Waals surface area contributed by atoms with E-state index in [1.165, 1.54) is 18.4 Å². The normalized spacial score (nSPS) is 22.5. The number of aliphatic imine (C=N–C) groups is 3. The number of likely N-dealkylation sites (tertiary alicyclic amines) is 1. The van der Waals surface area contributed by atoms with Crippen molar-refractivity contribution in [2.24, 2.45) is 20.9 Å². The topological polar surface area (TPSA) is 108 Å². The Kier molecular flexibility index (Phi) is 4.02. The SMILES string of the molecule is Cc1cc(O)c(C2=CC=NC3=NC(N4CCCCC4)=NC(=O)C23)c(=O)o1. The summed E-state index contributed by atoms with van der Waals surface area (Å²) in [7, 11) is 0. The lowest BCUT2D eigenvalue weighted by molar-refractivity contribution is -0.118. The largest absolute Gasteiger partial charge is 0.507 e. The van der Waals surface area contributed by atoms with Crippen LogP contribution in [0.1, 0.15) is 30.6 Å². The fraction of sp³-hybridized carbons (Fsp3) is 0.389. The molecule has 3 aliphatic rings. The van der Waals surface area contributed by atoms with Crippen LogP contribution in [-0.4, -0.2) is 47.0 Å². The third kappa shape index (κ3) is 2.77. The van der Waals surface area contributed by atoms with Gasteiger partial charge < -0.3 is 14.4 Å². The number of amidine groups is 1. The maximum absolute atomic E-state index is 12.7. The molecule has 1 unspecified atom stereocenters. The summed E-state index contributed by atoms with van der Waals surface area (Å²) in [4.78, 5) is 39.7. The number of nitrogens with zero attached hydrogens (tertiary/aromatic N) is 4. The molecule has 1 amide bonds. The number of carbonyl (C=O) groups is 1. The van der Waals surface area contributed by atoms with Crippen LogP contribution in [0.4, 0.5) is 0 Å². The van der Waals surface area contributed by atoms with Crippen molar-refractivity contribution in [1.29, 1.82) is 0 Å². The van der Waals surface area contributed by atoms with Gasteiger partial charge in [-0.05, 0) is 37.8 Å². The molecule has 8 heteroatoms. The molecule has 4 rings (SSSR count). The molecular formula is C18H18N4O4. The number of dihydropyridines is 1. The predicted molar refractivity (Wildman–Crippen MR) is 96.6 cm³/mol. The highest BCUT2D eigenvalue weighted by Crippen LogP contribution is 2.33. The van der Waals surface area contributed by atoms with E-state index >= 15 is 0 Å². The minimum absolute atomic E-state index is 0.0515. The van der Waals surface area contributed by atoms with Gasteiger partial charge in [-0.15, -0.1) is 0 Å². The maximum Gasteiger partial charge on any atom is 0.347 e. The zero-order valence-corrected chi connectivity index (χ0v) is 14.3. The zero-order chi connectivity index (χ0) is 18.3.